The van der Waals surface area contributed by atoms with Crippen molar-refractivity contribution in [3.8, 4) is 11.5 Å². The fourth-order valence-corrected chi connectivity index (χ4v) is 6.02. The van der Waals surface area contributed by atoms with Gasteiger partial charge in [-0.25, -0.2) is 4.79 Å². The second-order valence-electron chi connectivity index (χ2n) is 13.6. The Morgan fingerprint density at radius 1 is 0.932 bits per heavy atom. The van der Waals surface area contributed by atoms with Gasteiger partial charge in [-0.1, -0.05) is 83.9 Å². The largest absolute Gasteiger partial charge is 0.480 e. The van der Waals surface area contributed by atoms with Gasteiger partial charge in [0, 0.05) is 17.7 Å². The van der Waals surface area contributed by atoms with Crippen molar-refractivity contribution in [2.45, 2.75) is 90.6 Å². The van der Waals surface area contributed by atoms with Crippen molar-refractivity contribution < 1.29 is 24.0 Å². The summed E-state index contributed by atoms with van der Waals surface area (Å²) in [5, 5.41) is 13.7. The zero-order valence-corrected chi connectivity index (χ0v) is 26.6. The number of carbonyl (C=O) groups excluding carboxylic acids is 1. The molecule has 0 bridgehead atoms. The van der Waals surface area contributed by atoms with E-state index in [1.807, 2.05) is 66.9 Å². The van der Waals surface area contributed by atoms with Crippen LogP contribution in [-0.2, 0) is 23.2 Å². The number of carbonyl (C=O) groups is 2. The van der Waals surface area contributed by atoms with Gasteiger partial charge in [0.2, 0.25) is 5.52 Å². The van der Waals surface area contributed by atoms with Gasteiger partial charge in [0.25, 0.3) is 5.91 Å². The van der Waals surface area contributed by atoms with Crippen LogP contribution in [-0.4, -0.2) is 23.0 Å². The van der Waals surface area contributed by atoms with Gasteiger partial charge >= 0.3 is 5.97 Å². The maximum atomic E-state index is 13.5. The molecule has 0 spiro atoms. The van der Waals surface area contributed by atoms with Crippen LogP contribution in [0.4, 0.5) is 0 Å². The number of amides is 1. The average molecular weight is 594 g/mol. The Balaban J connectivity index is 1.40. The molecular weight excluding hydrogens is 548 g/mol. The molecule has 0 saturated heterocycles. The normalized spacial score (nSPS) is 14.6. The summed E-state index contributed by atoms with van der Waals surface area (Å²) < 4.78 is 8.40. The summed E-state index contributed by atoms with van der Waals surface area (Å²) in [5.74, 6) is 0.991. The number of aliphatic carboxylic acids is 1. The lowest BCUT2D eigenvalue weighted by molar-refractivity contribution is -0.678. The van der Waals surface area contributed by atoms with E-state index in [4.69, 9.17) is 4.74 Å². The summed E-state index contributed by atoms with van der Waals surface area (Å²) in [5.41, 5.74) is 4.82. The van der Waals surface area contributed by atoms with Crippen molar-refractivity contribution in [3.05, 3.63) is 101 Å². The molecule has 4 aromatic rings. The minimum absolute atomic E-state index is 0.0703. The van der Waals surface area contributed by atoms with Crippen LogP contribution in [0.1, 0.15) is 93.3 Å². The predicted octanol–water partition coefficient (Wildman–Crippen LogP) is 7.96. The maximum Gasteiger partial charge on any atom is 0.326 e. The summed E-state index contributed by atoms with van der Waals surface area (Å²) in [7, 11) is 0. The van der Waals surface area contributed by atoms with E-state index < -0.39 is 17.9 Å². The van der Waals surface area contributed by atoms with E-state index in [0.29, 0.717) is 17.4 Å². The van der Waals surface area contributed by atoms with Crippen molar-refractivity contribution in [2.24, 2.45) is 5.92 Å². The first-order chi connectivity index (χ1) is 21.0. The number of nitrogens with zero attached hydrogens (tertiary/aromatic N) is 1. The van der Waals surface area contributed by atoms with Crippen LogP contribution < -0.4 is 14.6 Å². The van der Waals surface area contributed by atoms with E-state index >= 15 is 0 Å². The van der Waals surface area contributed by atoms with E-state index in [2.05, 4.69) is 56.6 Å². The third-order valence-electron chi connectivity index (χ3n) is 8.75. The van der Waals surface area contributed by atoms with Crippen LogP contribution in [0.15, 0.2) is 79.0 Å². The van der Waals surface area contributed by atoms with Crippen LogP contribution in [0.2, 0.25) is 0 Å². The van der Waals surface area contributed by atoms with Crippen LogP contribution in [0, 0.1) is 5.92 Å². The molecule has 2 N–H and O–H groups in total. The van der Waals surface area contributed by atoms with Crippen molar-refractivity contribution in [1.29, 1.82) is 0 Å². The highest BCUT2D eigenvalue weighted by Crippen LogP contribution is 2.30. The minimum Gasteiger partial charge on any atom is -0.480 e. The molecule has 0 unspecified atom stereocenters. The number of benzene rings is 3. The number of ether oxygens (including phenoxy) is 1. The Bertz CT molecular complexity index is 1610. The Morgan fingerprint density at radius 2 is 1.59 bits per heavy atom. The number of pyridine rings is 1. The van der Waals surface area contributed by atoms with E-state index in [9.17, 15) is 14.7 Å². The highest BCUT2D eigenvalue weighted by molar-refractivity contribution is 5.98. The Hall–Kier alpha value is -4.19. The van der Waals surface area contributed by atoms with Gasteiger partial charge in [0.1, 0.15) is 23.1 Å². The van der Waals surface area contributed by atoms with E-state index in [-0.39, 0.29) is 11.8 Å². The van der Waals surface area contributed by atoms with Gasteiger partial charge in [-0.2, -0.15) is 4.57 Å². The number of fused-ring (bicyclic) bond motifs is 1. The molecular formula is C38H45N2O4+. The molecule has 1 atom stereocenters. The molecule has 230 valence electrons. The average Bonchev–Trinajstić information content (AvgIpc) is 3.50. The lowest BCUT2D eigenvalue weighted by Crippen LogP contribution is -2.44. The highest BCUT2D eigenvalue weighted by atomic mass is 16.5. The number of hydrogen-bond donors (Lipinski definition) is 2. The second-order valence-corrected chi connectivity index (χ2v) is 13.6. The molecule has 1 aliphatic rings. The van der Waals surface area contributed by atoms with Crippen LogP contribution in [0.3, 0.4) is 0 Å². The number of rotatable bonds is 10. The fourth-order valence-electron chi connectivity index (χ4n) is 6.02. The molecule has 0 radical (unpaired) electrons. The van der Waals surface area contributed by atoms with Gasteiger partial charge in [0.05, 0.1) is 6.07 Å². The third-order valence-corrected chi connectivity index (χ3v) is 8.75. The quantitative estimate of drug-likeness (QED) is 0.183. The molecule has 1 aromatic heterocycles. The van der Waals surface area contributed by atoms with Crippen LogP contribution in [0.5, 0.6) is 11.5 Å². The first kappa shape index (κ1) is 31.2. The molecule has 1 fully saturated rings. The molecule has 1 saturated carbocycles. The number of aromatic nitrogens is 1. The fraction of sp³-hybridized carbons (Fsp3) is 0.395. The molecule has 1 heterocycles. The molecule has 1 aliphatic carbocycles. The number of hydrogen-bond acceptors (Lipinski definition) is 3. The van der Waals surface area contributed by atoms with Crippen molar-refractivity contribution >= 4 is 22.8 Å². The number of nitrogens with one attached hydrogen (secondary N) is 1. The summed E-state index contributed by atoms with van der Waals surface area (Å²) >= 11 is 0. The molecule has 5 rings (SSSR count). The van der Waals surface area contributed by atoms with E-state index in [0.717, 1.165) is 47.4 Å². The molecule has 1 amide bonds. The topological polar surface area (TPSA) is 79.5 Å². The lowest BCUT2D eigenvalue weighted by Gasteiger charge is -2.19. The van der Waals surface area contributed by atoms with Gasteiger partial charge in [-0.3, -0.25) is 4.79 Å². The molecule has 6 heteroatoms. The van der Waals surface area contributed by atoms with Crippen LogP contribution in [0.25, 0.3) is 10.9 Å². The lowest BCUT2D eigenvalue weighted by atomic mass is 9.87. The number of carboxylic acid groups (broad SMARTS) is 1. The van der Waals surface area contributed by atoms with Gasteiger partial charge in [0.15, 0.2) is 12.7 Å². The summed E-state index contributed by atoms with van der Waals surface area (Å²) in [4.78, 5) is 25.7. The first-order valence-electron chi connectivity index (χ1n) is 15.8. The summed E-state index contributed by atoms with van der Waals surface area (Å²) in [6.07, 6.45) is 6.86. The first-order valence-corrected chi connectivity index (χ1v) is 15.8. The summed E-state index contributed by atoms with van der Waals surface area (Å²) in [6.45, 7) is 11.6. The smallest absolute Gasteiger partial charge is 0.326 e. The van der Waals surface area contributed by atoms with Crippen molar-refractivity contribution in [1.82, 2.24) is 5.32 Å². The molecule has 3 aromatic carbocycles. The SMILES string of the molecule is CC(C)c1ccc(C[C@H](NC(=O)c2cc3ccc(Oc4ccc(C(C)(C)C)cc4)cc3[n+](CC3CCCC3)c2)C(=O)O)cc1. The molecule has 6 nitrogen and oxygen atoms in total. The zero-order valence-electron chi connectivity index (χ0n) is 26.6. The van der Waals surface area contributed by atoms with E-state index in [1.54, 1.807) is 0 Å². The third kappa shape index (κ3) is 7.65. The van der Waals surface area contributed by atoms with Gasteiger partial charge in [-0.05, 0) is 71.2 Å². The predicted molar refractivity (Wildman–Crippen MR) is 174 cm³/mol. The standard InChI is InChI=1S/C38H44N2O4/c1-25(2)28-12-10-26(11-13-28)20-34(37(42)43)39-36(41)30-21-29-14-17-33(44-32-18-15-31(16-19-32)38(3,4)5)22-35(29)40(24-30)23-27-8-6-7-9-27/h10-19,21-22,24-25,27,34H,6-9,20,23H2,1-5H3,(H-,39,41,42,43)/p+1/t34-/m0/s1. The Kier molecular flexibility index (Phi) is 9.38. The summed E-state index contributed by atoms with van der Waals surface area (Å²) in [6, 6.07) is 22.9. The zero-order chi connectivity index (χ0) is 31.4. The second kappa shape index (κ2) is 13.2. The Morgan fingerprint density at radius 3 is 2.20 bits per heavy atom. The Labute approximate surface area is 261 Å². The van der Waals surface area contributed by atoms with Crippen LogP contribution >= 0.6 is 0 Å². The number of carboxylic acids is 1. The van der Waals surface area contributed by atoms with E-state index in [1.165, 1.54) is 24.0 Å². The van der Waals surface area contributed by atoms with Crippen molar-refractivity contribution in [3.63, 3.8) is 0 Å². The highest BCUT2D eigenvalue weighted by Gasteiger charge is 2.26. The monoisotopic (exact) mass is 593 g/mol. The maximum absolute atomic E-state index is 13.5. The van der Waals surface area contributed by atoms with Crippen molar-refractivity contribution in [2.75, 3.05) is 0 Å². The molecule has 0 aliphatic heterocycles. The van der Waals surface area contributed by atoms with Gasteiger partial charge < -0.3 is 15.2 Å². The molecule has 44 heavy (non-hydrogen) atoms. The minimum atomic E-state index is -1.05. The van der Waals surface area contributed by atoms with Gasteiger partial charge in [-0.15, -0.1) is 0 Å².